The van der Waals surface area contributed by atoms with Gasteiger partial charge >= 0.3 is 5.97 Å². The molecule has 0 aliphatic carbocycles. The van der Waals surface area contributed by atoms with Crippen molar-refractivity contribution in [1.29, 1.82) is 0 Å². The topological polar surface area (TPSA) is 78.6 Å². The minimum Gasteiger partial charge on any atom is -0.489 e. The second-order valence-corrected chi connectivity index (χ2v) is 5.24. The van der Waals surface area contributed by atoms with Gasteiger partial charge in [0.05, 0.1) is 6.61 Å². The number of hydrogen-bond acceptors (Lipinski definition) is 5. The molecule has 0 atom stereocenters. The van der Waals surface area contributed by atoms with E-state index in [2.05, 4.69) is 12.1 Å². The SMILES string of the molecule is CCOC(=O)CC(=O)c1cccc(CN)c1.c1cc2ccc1CO2. The fraction of sp³-hybridized carbons (Fsp3) is 0.263. The first-order valence-electron chi connectivity index (χ1n) is 7.82. The van der Waals surface area contributed by atoms with Crippen LogP contribution < -0.4 is 10.5 Å². The molecule has 0 saturated carbocycles. The van der Waals surface area contributed by atoms with E-state index in [4.69, 9.17) is 15.2 Å². The Balaban J connectivity index is 0.000000214. The van der Waals surface area contributed by atoms with Crippen molar-refractivity contribution < 1.29 is 19.1 Å². The molecular formula is C19H21NO4. The number of hydrogen-bond donors (Lipinski definition) is 1. The van der Waals surface area contributed by atoms with Crippen LogP contribution in [0, 0.1) is 0 Å². The van der Waals surface area contributed by atoms with Gasteiger partial charge in [0.15, 0.2) is 5.78 Å². The Kier molecular flexibility index (Phi) is 6.51. The number of Topliss-reactive ketones (excluding diaryl/α,β-unsaturated/α-hetero) is 1. The van der Waals surface area contributed by atoms with E-state index in [0.29, 0.717) is 12.1 Å². The van der Waals surface area contributed by atoms with E-state index in [0.717, 1.165) is 17.9 Å². The molecule has 5 nitrogen and oxygen atoms in total. The van der Waals surface area contributed by atoms with E-state index in [-0.39, 0.29) is 18.8 Å². The second kappa shape index (κ2) is 8.84. The molecular weight excluding hydrogens is 306 g/mol. The van der Waals surface area contributed by atoms with E-state index in [1.54, 1.807) is 25.1 Å². The Morgan fingerprint density at radius 2 is 1.92 bits per heavy atom. The van der Waals surface area contributed by atoms with Crippen LogP contribution >= 0.6 is 0 Å². The summed E-state index contributed by atoms with van der Waals surface area (Å²) in [6.07, 6.45) is -0.220. The minimum atomic E-state index is -0.495. The van der Waals surface area contributed by atoms with Crippen LogP contribution in [-0.2, 0) is 22.7 Å². The smallest absolute Gasteiger partial charge is 0.313 e. The van der Waals surface area contributed by atoms with E-state index >= 15 is 0 Å². The Morgan fingerprint density at radius 1 is 1.17 bits per heavy atom. The molecule has 24 heavy (non-hydrogen) atoms. The fourth-order valence-corrected chi connectivity index (χ4v) is 2.17. The third kappa shape index (κ3) is 5.21. The quantitative estimate of drug-likeness (QED) is 0.519. The van der Waals surface area contributed by atoms with Crippen molar-refractivity contribution in [3.8, 4) is 5.75 Å². The molecule has 4 rings (SSSR count). The molecule has 2 heterocycles. The predicted octanol–water partition coefficient (Wildman–Crippen LogP) is 2.86. The summed E-state index contributed by atoms with van der Waals surface area (Å²) in [6.45, 7) is 3.13. The number of benzene rings is 2. The largest absolute Gasteiger partial charge is 0.489 e. The van der Waals surface area contributed by atoms with Gasteiger partial charge in [-0.15, -0.1) is 0 Å². The van der Waals surface area contributed by atoms with Gasteiger partial charge in [-0.05, 0) is 36.2 Å². The molecule has 0 fully saturated rings. The highest BCUT2D eigenvalue weighted by atomic mass is 16.5. The first-order chi connectivity index (χ1) is 11.6. The third-order valence-electron chi connectivity index (χ3n) is 3.42. The van der Waals surface area contributed by atoms with Crippen LogP contribution in [0.4, 0.5) is 0 Å². The van der Waals surface area contributed by atoms with Crippen LogP contribution in [0.2, 0.25) is 0 Å². The van der Waals surface area contributed by atoms with E-state index in [1.165, 1.54) is 5.56 Å². The van der Waals surface area contributed by atoms with Crippen molar-refractivity contribution in [2.45, 2.75) is 26.5 Å². The van der Waals surface area contributed by atoms with Crippen LogP contribution in [0.3, 0.4) is 0 Å². The van der Waals surface area contributed by atoms with Crippen LogP contribution in [-0.4, -0.2) is 18.4 Å². The average Bonchev–Trinajstić information content (AvgIpc) is 2.64. The molecule has 0 radical (unpaired) electrons. The summed E-state index contributed by atoms with van der Waals surface area (Å²) < 4.78 is 9.89. The minimum absolute atomic E-state index is 0.220. The highest BCUT2D eigenvalue weighted by Crippen LogP contribution is 2.19. The van der Waals surface area contributed by atoms with Crippen LogP contribution in [0.5, 0.6) is 5.75 Å². The molecule has 2 aromatic carbocycles. The number of fused-ring (bicyclic) bond motifs is 3. The summed E-state index contributed by atoms with van der Waals surface area (Å²) in [5.74, 6) is 0.249. The molecule has 0 aromatic heterocycles. The molecule has 2 N–H and O–H groups in total. The summed E-state index contributed by atoms with van der Waals surface area (Å²) in [4.78, 5) is 22.8. The van der Waals surface area contributed by atoms with Gasteiger partial charge in [-0.1, -0.05) is 30.3 Å². The Bertz CT molecular complexity index is 672. The van der Waals surface area contributed by atoms with Gasteiger partial charge in [-0.2, -0.15) is 0 Å². The molecule has 2 aliphatic rings. The molecule has 0 spiro atoms. The molecule has 0 saturated heterocycles. The number of ether oxygens (including phenoxy) is 2. The maximum atomic E-state index is 11.7. The number of ketones is 1. The molecule has 0 unspecified atom stereocenters. The number of esters is 1. The fourth-order valence-electron chi connectivity index (χ4n) is 2.17. The van der Waals surface area contributed by atoms with Crippen LogP contribution in [0.25, 0.3) is 0 Å². The molecule has 2 bridgehead atoms. The average molecular weight is 327 g/mol. The zero-order valence-corrected chi connectivity index (χ0v) is 13.7. The Hall–Kier alpha value is -2.66. The summed E-state index contributed by atoms with van der Waals surface area (Å²) in [5.41, 5.74) is 8.10. The van der Waals surface area contributed by atoms with Crippen LogP contribution in [0.1, 0.15) is 34.8 Å². The molecule has 2 aromatic rings. The monoisotopic (exact) mass is 327 g/mol. The predicted molar refractivity (Wildman–Crippen MR) is 90.7 cm³/mol. The van der Waals surface area contributed by atoms with Gasteiger partial charge in [-0.3, -0.25) is 9.59 Å². The van der Waals surface area contributed by atoms with Gasteiger partial charge in [-0.25, -0.2) is 0 Å². The van der Waals surface area contributed by atoms with E-state index < -0.39 is 5.97 Å². The maximum absolute atomic E-state index is 11.7. The molecule has 0 amide bonds. The van der Waals surface area contributed by atoms with Crippen LogP contribution in [0.15, 0.2) is 48.5 Å². The number of carbonyl (C=O) groups excluding carboxylic acids is 2. The normalized spacial score (nSPS) is 11.1. The summed E-state index contributed by atoms with van der Waals surface area (Å²) >= 11 is 0. The highest BCUT2D eigenvalue weighted by Gasteiger charge is 2.12. The number of carbonyl (C=O) groups is 2. The number of nitrogens with two attached hydrogens (primary N) is 1. The zero-order valence-electron chi connectivity index (χ0n) is 13.7. The van der Waals surface area contributed by atoms with Crippen molar-refractivity contribution in [2.24, 2.45) is 5.73 Å². The van der Waals surface area contributed by atoms with Gasteiger partial charge < -0.3 is 15.2 Å². The summed E-state index contributed by atoms with van der Waals surface area (Å²) in [6, 6.07) is 15.1. The lowest BCUT2D eigenvalue weighted by atomic mass is 10.1. The lowest BCUT2D eigenvalue weighted by Gasteiger charge is -2.11. The summed E-state index contributed by atoms with van der Waals surface area (Å²) in [7, 11) is 0. The number of rotatable bonds is 5. The van der Waals surface area contributed by atoms with Gasteiger partial charge in [0, 0.05) is 12.1 Å². The standard InChI is InChI=1S/C12H15NO3.C7H6O/c1-2-16-12(15)7-11(14)10-5-3-4-9(6-10)8-13;1-3-7-4-2-6(1)5-8-7/h3-6H,2,7-8,13H2,1H3;1-4H,5H2. The Labute approximate surface area is 141 Å². The zero-order chi connectivity index (χ0) is 17.4. The van der Waals surface area contributed by atoms with E-state index in [1.807, 2.05) is 18.2 Å². The molecule has 126 valence electrons. The Morgan fingerprint density at radius 3 is 2.38 bits per heavy atom. The summed E-state index contributed by atoms with van der Waals surface area (Å²) in [5, 5.41) is 0. The van der Waals surface area contributed by atoms with Crippen molar-refractivity contribution >= 4 is 11.8 Å². The first kappa shape index (κ1) is 17.7. The van der Waals surface area contributed by atoms with Gasteiger partial charge in [0.1, 0.15) is 18.8 Å². The third-order valence-corrected chi connectivity index (χ3v) is 3.42. The highest BCUT2D eigenvalue weighted by molar-refractivity contribution is 6.06. The lowest BCUT2D eigenvalue weighted by Crippen LogP contribution is -2.11. The van der Waals surface area contributed by atoms with Crippen molar-refractivity contribution in [3.05, 3.63) is 65.2 Å². The first-order valence-corrected chi connectivity index (χ1v) is 7.82. The molecule has 5 heteroatoms. The van der Waals surface area contributed by atoms with Crippen molar-refractivity contribution in [2.75, 3.05) is 6.61 Å². The van der Waals surface area contributed by atoms with Crippen molar-refractivity contribution in [3.63, 3.8) is 0 Å². The molecule has 2 aliphatic heterocycles. The van der Waals surface area contributed by atoms with E-state index in [9.17, 15) is 9.59 Å². The lowest BCUT2D eigenvalue weighted by molar-refractivity contribution is -0.141. The maximum Gasteiger partial charge on any atom is 0.313 e. The van der Waals surface area contributed by atoms with Gasteiger partial charge in [0.25, 0.3) is 0 Å². The van der Waals surface area contributed by atoms with Gasteiger partial charge in [0.2, 0.25) is 0 Å². The second-order valence-electron chi connectivity index (χ2n) is 5.24. The van der Waals surface area contributed by atoms with Crippen molar-refractivity contribution in [1.82, 2.24) is 0 Å².